The van der Waals surface area contributed by atoms with Gasteiger partial charge in [0.15, 0.2) is 0 Å². The third kappa shape index (κ3) is 3.84. The molecule has 0 fully saturated rings. The highest BCUT2D eigenvalue weighted by Crippen LogP contribution is 2.40. The number of nitrogens with zero attached hydrogens (tertiary/aromatic N) is 2. The number of rotatable bonds is 5. The second-order valence-electron chi connectivity index (χ2n) is 5.93. The highest BCUT2D eigenvalue weighted by atomic mass is 32.2. The van der Waals surface area contributed by atoms with E-state index in [1.165, 1.54) is 16.0 Å². The van der Waals surface area contributed by atoms with Crippen molar-refractivity contribution in [1.29, 1.82) is 0 Å². The smallest absolute Gasteiger partial charge is 0.0938 e. The van der Waals surface area contributed by atoms with Gasteiger partial charge in [0.1, 0.15) is 0 Å². The molecule has 2 aromatic carbocycles. The quantitative estimate of drug-likeness (QED) is 0.269. The van der Waals surface area contributed by atoms with Gasteiger partial charge in [-0.15, -0.1) is 16.9 Å². The second-order valence-corrected chi connectivity index (χ2v) is 6.98. The van der Waals surface area contributed by atoms with Crippen LogP contribution in [0.2, 0.25) is 0 Å². The van der Waals surface area contributed by atoms with Crippen LogP contribution < -0.4 is 0 Å². The lowest BCUT2D eigenvalue weighted by Crippen LogP contribution is -1.79. The van der Waals surface area contributed by atoms with Crippen molar-refractivity contribution in [3.63, 3.8) is 0 Å². The Morgan fingerprint density at radius 2 is 1.23 bits per heavy atom. The second kappa shape index (κ2) is 7.98. The van der Waals surface area contributed by atoms with Crippen LogP contribution >= 0.6 is 11.8 Å². The molecule has 0 amide bonds. The summed E-state index contributed by atoms with van der Waals surface area (Å²) >= 11 is 1.84. The third-order valence-electron chi connectivity index (χ3n) is 4.14. The molecular weight excluding hydrogens is 336 g/mol. The first kappa shape index (κ1) is 16.6. The Morgan fingerprint density at radius 3 is 1.96 bits per heavy atom. The van der Waals surface area contributed by atoms with Crippen LogP contribution in [0.5, 0.6) is 0 Å². The van der Waals surface area contributed by atoms with E-state index in [0.29, 0.717) is 0 Å². The molecule has 0 spiro atoms. The third-order valence-corrected chi connectivity index (χ3v) is 5.20. The predicted molar refractivity (Wildman–Crippen MR) is 110 cm³/mol. The summed E-state index contributed by atoms with van der Waals surface area (Å²) < 4.78 is 0. The number of benzene rings is 2. The Morgan fingerprint density at radius 1 is 0.615 bits per heavy atom. The molecule has 0 bridgehead atoms. The van der Waals surface area contributed by atoms with Gasteiger partial charge in [-0.2, -0.15) is 5.11 Å². The van der Waals surface area contributed by atoms with E-state index in [4.69, 9.17) is 0 Å². The van der Waals surface area contributed by atoms with Gasteiger partial charge in [0.2, 0.25) is 0 Å². The lowest BCUT2D eigenvalue weighted by molar-refractivity contribution is 1.24. The highest BCUT2D eigenvalue weighted by Gasteiger charge is 2.14. The van der Waals surface area contributed by atoms with Gasteiger partial charge in [0.05, 0.1) is 11.4 Å². The molecule has 3 heteroatoms. The molecule has 126 valence electrons. The predicted octanol–water partition coefficient (Wildman–Crippen LogP) is 7.50. The van der Waals surface area contributed by atoms with Crippen LogP contribution in [0.15, 0.2) is 112 Å². The maximum Gasteiger partial charge on any atom is 0.0938 e. The summed E-state index contributed by atoms with van der Waals surface area (Å²) in [6.07, 6.45) is 0. The summed E-state index contributed by atoms with van der Waals surface area (Å²) in [5.41, 5.74) is 5.44. The van der Waals surface area contributed by atoms with Crippen molar-refractivity contribution >= 4 is 23.1 Å². The zero-order valence-electron chi connectivity index (χ0n) is 14.2. The summed E-state index contributed by atoms with van der Waals surface area (Å²) in [6, 6.07) is 32.9. The number of hydrogen-bond acceptors (Lipinski definition) is 3. The van der Waals surface area contributed by atoms with E-state index in [1.807, 2.05) is 54.2 Å². The average molecular weight is 354 g/mol. The number of fused-ring (bicyclic) bond motifs is 1. The fourth-order valence-electron chi connectivity index (χ4n) is 2.86. The van der Waals surface area contributed by atoms with Gasteiger partial charge >= 0.3 is 0 Å². The van der Waals surface area contributed by atoms with Crippen molar-refractivity contribution in [3.8, 4) is 11.1 Å². The van der Waals surface area contributed by atoms with Crippen LogP contribution in [0.25, 0.3) is 11.1 Å². The average Bonchev–Trinajstić information content (AvgIpc) is 2.86. The molecule has 0 unspecified atom stereocenters. The molecule has 2 aliphatic carbocycles. The van der Waals surface area contributed by atoms with Crippen LogP contribution in [0, 0.1) is 0 Å². The van der Waals surface area contributed by atoms with Gasteiger partial charge in [-0.1, -0.05) is 66.7 Å². The van der Waals surface area contributed by atoms with E-state index in [9.17, 15) is 0 Å². The Bertz CT molecular complexity index is 981. The van der Waals surface area contributed by atoms with E-state index < -0.39 is 0 Å². The maximum atomic E-state index is 4.52. The highest BCUT2D eigenvalue weighted by molar-refractivity contribution is 7.98. The minimum Gasteiger partial charge on any atom is -0.151 e. The van der Waals surface area contributed by atoms with Crippen molar-refractivity contribution in [2.24, 2.45) is 10.2 Å². The SMILES string of the molecule is c1ccc(N=Nc2cc(CSc3ccccc3)c3cccccc2-3)cc1. The van der Waals surface area contributed by atoms with Crippen molar-refractivity contribution in [2.75, 3.05) is 0 Å². The van der Waals surface area contributed by atoms with Gasteiger partial charge in [-0.25, -0.2) is 0 Å². The normalized spacial score (nSPS) is 11.2. The van der Waals surface area contributed by atoms with E-state index in [2.05, 4.69) is 64.8 Å². The van der Waals surface area contributed by atoms with E-state index in [1.54, 1.807) is 0 Å². The summed E-state index contributed by atoms with van der Waals surface area (Å²) in [4.78, 5) is 1.27. The van der Waals surface area contributed by atoms with Crippen LogP contribution in [0.1, 0.15) is 5.56 Å². The van der Waals surface area contributed by atoms with E-state index in [0.717, 1.165) is 22.7 Å². The van der Waals surface area contributed by atoms with Gasteiger partial charge in [0.25, 0.3) is 0 Å². The Balaban J connectivity index is 1.65. The Kier molecular flexibility index (Phi) is 5.08. The fraction of sp³-hybridized carbons (Fsp3) is 0.0435. The molecule has 0 saturated heterocycles. The zero-order valence-corrected chi connectivity index (χ0v) is 15.1. The molecule has 0 radical (unpaired) electrons. The van der Waals surface area contributed by atoms with Gasteiger partial charge in [-0.3, -0.25) is 0 Å². The Labute approximate surface area is 158 Å². The monoisotopic (exact) mass is 354 g/mol. The molecule has 2 nitrogen and oxygen atoms in total. The number of hydrogen-bond donors (Lipinski definition) is 0. The van der Waals surface area contributed by atoms with Crippen LogP contribution in [-0.2, 0) is 5.75 Å². The van der Waals surface area contributed by atoms with Crippen molar-refractivity contribution < 1.29 is 0 Å². The molecule has 0 aliphatic heterocycles. The number of thioether (sulfide) groups is 1. The lowest BCUT2D eigenvalue weighted by Gasteiger charge is -2.02. The van der Waals surface area contributed by atoms with Crippen molar-refractivity contribution in [2.45, 2.75) is 10.6 Å². The molecule has 4 rings (SSSR count). The van der Waals surface area contributed by atoms with Crippen LogP contribution in [0.4, 0.5) is 11.4 Å². The van der Waals surface area contributed by atoms with Crippen LogP contribution in [0.3, 0.4) is 0 Å². The van der Waals surface area contributed by atoms with Gasteiger partial charge < -0.3 is 0 Å². The molecule has 2 aromatic rings. The molecular formula is C23H18N2S. The molecule has 0 heterocycles. The first-order valence-electron chi connectivity index (χ1n) is 8.55. The molecule has 0 saturated carbocycles. The summed E-state index contributed by atoms with van der Waals surface area (Å²) in [6.45, 7) is 0. The van der Waals surface area contributed by atoms with Crippen LogP contribution in [-0.4, -0.2) is 0 Å². The van der Waals surface area contributed by atoms with E-state index in [-0.39, 0.29) is 0 Å². The standard InChI is InChI=1S/C23H18N2S/c1-4-10-19(11-5-1)24-25-23-16-18(17-26-20-12-6-2-7-13-20)21-14-8-3-9-15-22(21)23/h1-16H,17H2. The Hall–Kier alpha value is -2.91. The molecule has 0 atom stereocenters. The first-order valence-corrected chi connectivity index (χ1v) is 9.54. The largest absolute Gasteiger partial charge is 0.151 e. The molecule has 26 heavy (non-hydrogen) atoms. The minimum atomic E-state index is 0.863. The summed E-state index contributed by atoms with van der Waals surface area (Å²) in [5, 5.41) is 8.92. The van der Waals surface area contributed by atoms with Gasteiger partial charge in [0, 0.05) is 16.2 Å². The fourth-order valence-corrected chi connectivity index (χ4v) is 3.77. The molecule has 2 aliphatic rings. The molecule has 0 aromatic heterocycles. The molecule has 0 N–H and O–H groups in total. The maximum absolute atomic E-state index is 4.52. The van der Waals surface area contributed by atoms with Crippen molar-refractivity contribution in [3.05, 3.63) is 103 Å². The van der Waals surface area contributed by atoms with E-state index >= 15 is 0 Å². The van der Waals surface area contributed by atoms with Crippen molar-refractivity contribution in [1.82, 2.24) is 0 Å². The topological polar surface area (TPSA) is 24.7 Å². The summed E-state index contributed by atoms with van der Waals surface area (Å²) in [7, 11) is 0. The zero-order chi connectivity index (χ0) is 17.6. The lowest BCUT2D eigenvalue weighted by atomic mass is 10.1. The number of azo groups is 1. The van der Waals surface area contributed by atoms with Gasteiger partial charge in [-0.05, 0) is 41.5 Å². The first-order chi connectivity index (χ1) is 12.9. The summed E-state index contributed by atoms with van der Waals surface area (Å²) in [5.74, 6) is 0.908. The minimum absolute atomic E-state index is 0.863.